The fourth-order valence-corrected chi connectivity index (χ4v) is 1.76. The third kappa shape index (κ3) is 2.48. The first kappa shape index (κ1) is 12.9. The molecule has 2 aromatic heterocycles. The fourth-order valence-electron chi connectivity index (χ4n) is 1.76. The van der Waals surface area contributed by atoms with Gasteiger partial charge in [-0.25, -0.2) is 8.78 Å². The summed E-state index contributed by atoms with van der Waals surface area (Å²) in [5, 5.41) is 18.1. The van der Waals surface area contributed by atoms with Gasteiger partial charge < -0.3 is 5.32 Å². The maximum Gasteiger partial charge on any atom is 0.279 e. The van der Waals surface area contributed by atoms with Crippen LogP contribution in [0.1, 0.15) is 10.5 Å². The Morgan fingerprint density at radius 1 is 1.19 bits per heavy atom. The van der Waals surface area contributed by atoms with Crippen LogP contribution in [-0.4, -0.2) is 31.5 Å². The highest BCUT2D eigenvalue weighted by molar-refractivity contribution is 6.02. The average molecular weight is 290 g/mol. The summed E-state index contributed by atoms with van der Waals surface area (Å²) in [5.74, 6) is -1.89. The van der Waals surface area contributed by atoms with E-state index in [2.05, 4.69) is 30.9 Å². The van der Waals surface area contributed by atoms with Crippen molar-refractivity contribution in [3.63, 3.8) is 0 Å². The zero-order chi connectivity index (χ0) is 14.8. The number of carbonyl (C=O) groups excluding carboxylic acids is 1. The lowest BCUT2D eigenvalue weighted by Gasteiger charge is -2.00. The molecule has 0 radical (unpaired) electrons. The molecule has 106 valence electrons. The Bertz CT molecular complexity index is 763. The van der Waals surface area contributed by atoms with Crippen molar-refractivity contribution in [2.75, 3.05) is 5.32 Å². The van der Waals surface area contributed by atoms with E-state index in [1.54, 1.807) is 0 Å². The first-order chi connectivity index (χ1) is 10.1. The Balaban J connectivity index is 1.85. The van der Waals surface area contributed by atoms with Gasteiger partial charge in [-0.3, -0.25) is 9.89 Å². The number of anilines is 1. The minimum atomic E-state index is -0.729. The van der Waals surface area contributed by atoms with Gasteiger partial charge in [-0.1, -0.05) is 6.07 Å². The Morgan fingerprint density at radius 2 is 1.95 bits per heavy atom. The molecule has 0 aliphatic heterocycles. The summed E-state index contributed by atoms with van der Waals surface area (Å²) in [5.41, 5.74) is -0.0652. The quantitative estimate of drug-likeness (QED) is 0.684. The molecule has 9 heteroatoms. The van der Waals surface area contributed by atoms with E-state index >= 15 is 0 Å². The Kier molecular flexibility index (Phi) is 3.14. The summed E-state index contributed by atoms with van der Waals surface area (Å²) in [6.07, 6.45) is 1.24. The van der Waals surface area contributed by atoms with E-state index in [9.17, 15) is 13.6 Å². The maximum atomic E-state index is 13.6. The summed E-state index contributed by atoms with van der Waals surface area (Å²) < 4.78 is 27.3. The van der Waals surface area contributed by atoms with E-state index in [1.807, 2.05) is 0 Å². The van der Waals surface area contributed by atoms with Gasteiger partial charge in [0.25, 0.3) is 5.91 Å². The zero-order valence-electron chi connectivity index (χ0n) is 10.4. The second-order valence-electron chi connectivity index (χ2n) is 4.07. The molecule has 3 aromatic rings. The fraction of sp³-hybridized carbons (Fsp3) is 0. The number of H-pyrrole nitrogens is 2. The molecule has 21 heavy (non-hydrogen) atoms. The number of carbonyl (C=O) groups is 1. The van der Waals surface area contributed by atoms with Crippen molar-refractivity contribution in [2.24, 2.45) is 0 Å². The third-order valence-corrected chi connectivity index (χ3v) is 2.70. The predicted octanol–water partition coefficient (Wildman–Crippen LogP) is 1.73. The van der Waals surface area contributed by atoms with Crippen LogP contribution in [0.15, 0.2) is 30.5 Å². The van der Waals surface area contributed by atoms with Crippen molar-refractivity contribution < 1.29 is 13.6 Å². The van der Waals surface area contributed by atoms with E-state index in [-0.39, 0.29) is 22.8 Å². The molecular formula is C12H8F2N6O. The largest absolute Gasteiger partial charge is 0.304 e. The van der Waals surface area contributed by atoms with Gasteiger partial charge in [-0.2, -0.15) is 20.5 Å². The molecule has 7 nitrogen and oxygen atoms in total. The van der Waals surface area contributed by atoms with E-state index in [0.717, 1.165) is 12.1 Å². The average Bonchev–Trinajstić information content (AvgIpc) is 3.10. The molecule has 3 N–H and O–H groups in total. The standard InChI is InChI=1S/C12H8F2N6O/c13-6-2-1-3-7(14)11(6)8-4-10(19-17-8)16-12(21)9-5-15-20-18-9/h1-5H,(H,15,18,20)(H2,16,17,19,21). The lowest BCUT2D eigenvalue weighted by molar-refractivity contribution is 0.102. The minimum absolute atomic E-state index is 0.0663. The van der Waals surface area contributed by atoms with Crippen LogP contribution >= 0.6 is 0 Å². The van der Waals surface area contributed by atoms with Crippen LogP contribution in [0.3, 0.4) is 0 Å². The van der Waals surface area contributed by atoms with Crippen LogP contribution in [0.4, 0.5) is 14.6 Å². The van der Waals surface area contributed by atoms with Crippen LogP contribution in [0, 0.1) is 11.6 Å². The Labute approximate surface area is 116 Å². The summed E-state index contributed by atoms with van der Waals surface area (Å²) >= 11 is 0. The number of benzene rings is 1. The first-order valence-electron chi connectivity index (χ1n) is 5.82. The van der Waals surface area contributed by atoms with Crippen molar-refractivity contribution in [1.29, 1.82) is 0 Å². The zero-order valence-corrected chi connectivity index (χ0v) is 10.4. The summed E-state index contributed by atoms with van der Waals surface area (Å²) in [6, 6.07) is 4.84. The number of hydrogen-bond acceptors (Lipinski definition) is 4. The second kappa shape index (κ2) is 5.12. The molecule has 0 bridgehead atoms. The van der Waals surface area contributed by atoms with Crippen molar-refractivity contribution in [2.45, 2.75) is 0 Å². The molecule has 1 aromatic carbocycles. The summed E-state index contributed by atoms with van der Waals surface area (Å²) in [7, 11) is 0. The van der Waals surface area contributed by atoms with Gasteiger partial charge >= 0.3 is 0 Å². The highest BCUT2D eigenvalue weighted by Gasteiger charge is 2.15. The van der Waals surface area contributed by atoms with Gasteiger partial charge in [0.15, 0.2) is 11.5 Å². The number of rotatable bonds is 3. The van der Waals surface area contributed by atoms with Crippen LogP contribution in [0.25, 0.3) is 11.3 Å². The van der Waals surface area contributed by atoms with Crippen LogP contribution < -0.4 is 5.32 Å². The summed E-state index contributed by atoms with van der Waals surface area (Å²) in [6.45, 7) is 0. The van der Waals surface area contributed by atoms with Gasteiger partial charge in [-0.05, 0) is 12.1 Å². The van der Waals surface area contributed by atoms with E-state index in [0.29, 0.717) is 0 Å². The number of nitrogens with one attached hydrogen (secondary N) is 3. The first-order valence-corrected chi connectivity index (χ1v) is 5.82. The predicted molar refractivity (Wildman–Crippen MR) is 68.3 cm³/mol. The number of aromatic amines is 2. The number of aromatic nitrogens is 5. The van der Waals surface area contributed by atoms with Gasteiger partial charge in [0, 0.05) is 6.07 Å². The Morgan fingerprint density at radius 3 is 2.62 bits per heavy atom. The highest BCUT2D eigenvalue weighted by atomic mass is 19.1. The monoisotopic (exact) mass is 290 g/mol. The van der Waals surface area contributed by atoms with Crippen molar-refractivity contribution in [1.82, 2.24) is 25.6 Å². The molecule has 0 saturated heterocycles. The number of nitrogens with zero attached hydrogens (tertiary/aromatic N) is 3. The molecule has 0 spiro atoms. The van der Waals surface area contributed by atoms with Gasteiger partial charge in [0.1, 0.15) is 11.6 Å². The SMILES string of the molecule is O=C(Nc1cc(-c2c(F)cccc2F)[nH]n1)c1cn[nH]n1. The minimum Gasteiger partial charge on any atom is -0.304 e. The topological polar surface area (TPSA) is 99.4 Å². The Hall–Kier alpha value is -3.10. The molecule has 3 rings (SSSR count). The molecule has 0 aliphatic rings. The third-order valence-electron chi connectivity index (χ3n) is 2.70. The highest BCUT2D eigenvalue weighted by Crippen LogP contribution is 2.25. The van der Waals surface area contributed by atoms with Crippen LogP contribution in [0.5, 0.6) is 0 Å². The lowest BCUT2D eigenvalue weighted by atomic mass is 10.1. The molecule has 0 unspecified atom stereocenters. The second-order valence-corrected chi connectivity index (χ2v) is 4.07. The van der Waals surface area contributed by atoms with Gasteiger partial charge in [-0.15, -0.1) is 0 Å². The van der Waals surface area contributed by atoms with E-state index in [4.69, 9.17) is 0 Å². The molecule has 1 amide bonds. The smallest absolute Gasteiger partial charge is 0.279 e. The summed E-state index contributed by atoms with van der Waals surface area (Å²) in [4.78, 5) is 11.7. The van der Waals surface area contributed by atoms with Crippen molar-refractivity contribution in [3.05, 3.63) is 47.8 Å². The molecule has 0 fully saturated rings. The van der Waals surface area contributed by atoms with E-state index in [1.165, 1.54) is 18.3 Å². The van der Waals surface area contributed by atoms with E-state index < -0.39 is 17.5 Å². The molecule has 0 saturated carbocycles. The molecule has 0 atom stereocenters. The molecular weight excluding hydrogens is 282 g/mol. The lowest BCUT2D eigenvalue weighted by Crippen LogP contribution is -2.12. The van der Waals surface area contributed by atoms with Gasteiger partial charge in [0.05, 0.1) is 17.5 Å². The van der Waals surface area contributed by atoms with Crippen molar-refractivity contribution in [3.8, 4) is 11.3 Å². The van der Waals surface area contributed by atoms with Crippen LogP contribution in [0.2, 0.25) is 0 Å². The van der Waals surface area contributed by atoms with Gasteiger partial charge in [0.2, 0.25) is 0 Å². The maximum absolute atomic E-state index is 13.6. The molecule has 2 heterocycles. The van der Waals surface area contributed by atoms with Crippen LogP contribution in [-0.2, 0) is 0 Å². The molecule has 0 aliphatic carbocycles. The number of hydrogen-bond donors (Lipinski definition) is 3. The normalized spacial score (nSPS) is 10.6. The number of halogens is 2. The van der Waals surface area contributed by atoms with Crippen molar-refractivity contribution >= 4 is 11.7 Å². The number of amides is 1.